The fourth-order valence-corrected chi connectivity index (χ4v) is 1.25. The molecule has 1 aromatic rings. The van der Waals surface area contributed by atoms with Gasteiger partial charge in [-0.15, -0.1) is 0 Å². The first kappa shape index (κ1) is 10.7. The zero-order valence-corrected chi connectivity index (χ0v) is 8.43. The van der Waals surface area contributed by atoms with Gasteiger partial charge in [-0.05, 0) is 13.0 Å². The summed E-state index contributed by atoms with van der Waals surface area (Å²) in [6, 6.07) is 1.45. The molecule has 0 saturated heterocycles. The minimum absolute atomic E-state index is 0.188. The van der Waals surface area contributed by atoms with Gasteiger partial charge >= 0.3 is 5.97 Å². The van der Waals surface area contributed by atoms with Crippen LogP contribution in [0.1, 0.15) is 25.1 Å². The predicted molar refractivity (Wildman–Crippen MR) is 51.4 cm³/mol. The summed E-state index contributed by atoms with van der Waals surface area (Å²) >= 11 is 0. The molecule has 5 heteroatoms. The maximum absolute atomic E-state index is 11.1. The molecule has 1 heterocycles. The summed E-state index contributed by atoms with van der Waals surface area (Å²) in [7, 11) is 1.79. The van der Waals surface area contributed by atoms with E-state index in [0.717, 1.165) is 5.69 Å². The highest BCUT2D eigenvalue weighted by atomic mass is 16.5. The van der Waals surface area contributed by atoms with Gasteiger partial charge in [0.25, 0.3) is 0 Å². The molecule has 0 amide bonds. The summed E-state index contributed by atoms with van der Waals surface area (Å²) in [5.41, 5.74) is 6.64. The highest BCUT2D eigenvalue weighted by Crippen LogP contribution is 2.12. The topological polar surface area (TPSA) is 70.1 Å². The number of aromatic nitrogens is 2. The van der Waals surface area contributed by atoms with Crippen LogP contribution in [0.4, 0.5) is 0 Å². The largest absolute Gasteiger partial charge is 0.466 e. The van der Waals surface area contributed by atoms with Gasteiger partial charge in [-0.1, -0.05) is 0 Å². The summed E-state index contributed by atoms with van der Waals surface area (Å²) in [5, 5.41) is 3.98. The van der Waals surface area contributed by atoms with Crippen molar-refractivity contribution >= 4 is 5.97 Å². The monoisotopic (exact) mass is 197 g/mol. The number of rotatable bonds is 4. The smallest absolute Gasteiger partial charge is 0.307 e. The van der Waals surface area contributed by atoms with E-state index in [1.807, 2.05) is 0 Å². The highest BCUT2D eigenvalue weighted by Gasteiger charge is 2.14. The third-order valence-electron chi connectivity index (χ3n) is 1.93. The van der Waals surface area contributed by atoms with E-state index in [0.29, 0.717) is 6.61 Å². The van der Waals surface area contributed by atoms with Crippen LogP contribution in [-0.4, -0.2) is 22.4 Å². The molecule has 2 N–H and O–H groups in total. The summed E-state index contributed by atoms with van der Waals surface area (Å²) in [5.74, 6) is -0.277. The molecule has 0 radical (unpaired) electrons. The Morgan fingerprint density at radius 3 is 3.00 bits per heavy atom. The lowest BCUT2D eigenvalue weighted by molar-refractivity contribution is -0.143. The van der Waals surface area contributed by atoms with E-state index in [-0.39, 0.29) is 18.4 Å². The van der Waals surface area contributed by atoms with Crippen molar-refractivity contribution in [1.82, 2.24) is 9.78 Å². The zero-order chi connectivity index (χ0) is 10.6. The second kappa shape index (κ2) is 4.76. The van der Waals surface area contributed by atoms with Crippen molar-refractivity contribution in [3.8, 4) is 0 Å². The van der Waals surface area contributed by atoms with E-state index in [1.54, 1.807) is 30.9 Å². The van der Waals surface area contributed by atoms with E-state index in [9.17, 15) is 4.79 Å². The van der Waals surface area contributed by atoms with Crippen LogP contribution in [0.25, 0.3) is 0 Å². The van der Waals surface area contributed by atoms with E-state index in [2.05, 4.69) is 5.10 Å². The number of nitrogens with zero attached hydrogens (tertiary/aromatic N) is 2. The lowest BCUT2D eigenvalue weighted by Gasteiger charge is -2.10. The number of carbonyl (C=O) groups is 1. The molecule has 0 aliphatic heterocycles. The third-order valence-corrected chi connectivity index (χ3v) is 1.93. The Hall–Kier alpha value is -1.36. The van der Waals surface area contributed by atoms with Crippen molar-refractivity contribution < 1.29 is 9.53 Å². The van der Waals surface area contributed by atoms with Gasteiger partial charge in [0, 0.05) is 13.2 Å². The predicted octanol–water partition coefficient (Wildman–Crippen LogP) is 0.373. The number of hydrogen-bond donors (Lipinski definition) is 1. The molecule has 0 aromatic carbocycles. The van der Waals surface area contributed by atoms with Crippen molar-refractivity contribution in [3.63, 3.8) is 0 Å². The van der Waals surface area contributed by atoms with Crippen LogP contribution in [0.15, 0.2) is 12.3 Å². The molecule has 0 aliphatic carbocycles. The Balaban J connectivity index is 2.54. The maximum Gasteiger partial charge on any atom is 0.307 e. The second-order valence-corrected chi connectivity index (χ2v) is 3.00. The van der Waals surface area contributed by atoms with Crippen molar-refractivity contribution in [2.75, 3.05) is 6.61 Å². The van der Waals surface area contributed by atoms with E-state index >= 15 is 0 Å². The summed E-state index contributed by atoms with van der Waals surface area (Å²) in [6.07, 6.45) is 1.84. The Morgan fingerprint density at radius 1 is 1.79 bits per heavy atom. The minimum atomic E-state index is -0.346. The Bertz CT molecular complexity index is 309. The minimum Gasteiger partial charge on any atom is -0.466 e. The highest BCUT2D eigenvalue weighted by molar-refractivity contribution is 5.70. The SMILES string of the molecule is CCOC(=O)CC(N)c1ccnn1C. The first-order valence-electron chi connectivity index (χ1n) is 4.54. The van der Waals surface area contributed by atoms with Crippen LogP contribution in [0.2, 0.25) is 0 Å². The quantitative estimate of drug-likeness (QED) is 0.708. The van der Waals surface area contributed by atoms with Crippen molar-refractivity contribution in [1.29, 1.82) is 0 Å². The standard InChI is InChI=1S/C9H15N3O2/c1-3-14-9(13)6-7(10)8-4-5-11-12(8)2/h4-5,7H,3,6,10H2,1-2H3. The van der Waals surface area contributed by atoms with Gasteiger partial charge in [0.1, 0.15) is 0 Å². The van der Waals surface area contributed by atoms with Gasteiger partial charge in [0.15, 0.2) is 0 Å². The van der Waals surface area contributed by atoms with Crippen LogP contribution < -0.4 is 5.73 Å². The summed E-state index contributed by atoms with van der Waals surface area (Å²) in [6.45, 7) is 2.16. The van der Waals surface area contributed by atoms with Crippen LogP contribution in [0, 0.1) is 0 Å². The van der Waals surface area contributed by atoms with Gasteiger partial charge in [0.2, 0.25) is 0 Å². The lowest BCUT2D eigenvalue weighted by atomic mass is 10.1. The van der Waals surface area contributed by atoms with Gasteiger partial charge in [-0.2, -0.15) is 5.10 Å². The van der Waals surface area contributed by atoms with Gasteiger partial charge < -0.3 is 10.5 Å². The number of aryl methyl sites for hydroxylation is 1. The Morgan fingerprint density at radius 2 is 2.50 bits per heavy atom. The third kappa shape index (κ3) is 2.56. The fourth-order valence-electron chi connectivity index (χ4n) is 1.25. The Labute approximate surface area is 82.8 Å². The summed E-state index contributed by atoms with van der Waals surface area (Å²) in [4.78, 5) is 11.1. The number of hydrogen-bond acceptors (Lipinski definition) is 4. The molecular formula is C9H15N3O2. The van der Waals surface area contributed by atoms with Gasteiger partial charge in [0.05, 0.1) is 24.8 Å². The molecule has 1 aromatic heterocycles. The number of ether oxygens (including phenoxy) is 1. The second-order valence-electron chi connectivity index (χ2n) is 3.00. The fraction of sp³-hybridized carbons (Fsp3) is 0.556. The van der Waals surface area contributed by atoms with Crippen LogP contribution in [0.5, 0.6) is 0 Å². The number of nitrogens with two attached hydrogens (primary N) is 1. The summed E-state index contributed by atoms with van der Waals surface area (Å²) < 4.78 is 6.46. The number of esters is 1. The van der Waals surface area contributed by atoms with Crippen molar-refractivity contribution in [3.05, 3.63) is 18.0 Å². The number of carbonyl (C=O) groups excluding carboxylic acids is 1. The maximum atomic E-state index is 11.1. The first-order valence-corrected chi connectivity index (χ1v) is 4.54. The van der Waals surface area contributed by atoms with Crippen LogP contribution in [0.3, 0.4) is 0 Å². The molecule has 0 fully saturated rings. The first-order chi connectivity index (χ1) is 6.65. The van der Waals surface area contributed by atoms with Crippen LogP contribution >= 0.6 is 0 Å². The molecule has 0 saturated carbocycles. The van der Waals surface area contributed by atoms with E-state index in [1.165, 1.54) is 0 Å². The van der Waals surface area contributed by atoms with Gasteiger partial charge in [-0.25, -0.2) is 0 Å². The van der Waals surface area contributed by atoms with Crippen molar-refractivity contribution in [2.24, 2.45) is 12.8 Å². The zero-order valence-electron chi connectivity index (χ0n) is 8.43. The van der Waals surface area contributed by atoms with Crippen LogP contribution in [-0.2, 0) is 16.6 Å². The molecule has 14 heavy (non-hydrogen) atoms. The molecule has 0 aliphatic rings. The molecule has 5 nitrogen and oxygen atoms in total. The average Bonchev–Trinajstić information content (AvgIpc) is 2.51. The molecule has 1 atom stereocenters. The lowest BCUT2D eigenvalue weighted by Crippen LogP contribution is -2.19. The van der Waals surface area contributed by atoms with E-state index in [4.69, 9.17) is 10.5 Å². The molecule has 1 rings (SSSR count). The molecular weight excluding hydrogens is 182 g/mol. The Kier molecular flexibility index (Phi) is 3.64. The molecule has 0 spiro atoms. The normalized spacial score (nSPS) is 12.5. The molecule has 78 valence electrons. The molecule has 0 bridgehead atoms. The van der Waals surface area contributed by atoms with Crippen molar-refractivity contribution in [2.45, 2.75) is 19.4 Å². The van der Waals surface area contributed by atoms with E-state index < -0.39 is 0 Å². The average molecular weight is 197 g/mol. The molecule has 1 unspecified atom stereocenters. The van der Waals surface area contributed by atoms with Gasteiger partial charge in [-0.3, -0.25) is 9.48 Å².